The van der Waals surface area contributed by atoms with Gasteiger partial charge in [-0.3, -0.25) is 4.68 Å². The topological polar surface area (TPSA) is 27.7 Å². The smallest absolute Gasteiger partial charge is 0.146 e. The van der Waals surface area contributed by atoms with Crippen LogP contribution in [0.3, 0.4) is 0 Å². The van der Waals surface area contributed by atoms with Crippen LogP contribution in [-0.2, 0) is 0 Å². The van der Waals surface area contributed by atoms with Crippen molar-refractivity contribution in [1.29, 1.82) is 0 Å². The van der Waals surface area contributed by atoms with Crippen LogP contribution in [0.4, 0.5) is 0 Å². The van der Waals surface area contributed by atoms with Crippen LogP contribution in [-0.4, -0.2) is 18.9 Å². The number of nitrogens with zero attached hydrogens (tertiary/aromatic N) is 4. The highest BCUT2D eigenvalue weighted by atomic mass is 32.1. The molecule has 0 radical (unpaired) electrons. The molecule has 5 heteroatoms. The van der Waals surface area contributed by atoms with Gasteiger partial charge in [0.2, 0.25) is 0 Å². The molecule has 104 valence electrons. The van der Waals surface area contributed by atoms with Crippen LogP contribution in [0.2, 0.25) is 0 Å². The highest BCUT2D eigenvalue weighted by Crippen LogP contribution is 2.30. The van der Waals surface area contributed by atoms with Crippen molar-refractivity contribution in [2.45, 2.75) is 6.92 Å². The molecule has 4 rings (SSSR count). The van der Waals surface area contributed by atoms with Gasteiger partial charge in [0.25, 0.3) is 0 Å². The summed E-state index contributed by atoms with van der Waals surface area (Å²) in [6.07, 6.45) is 10.2. The molecular weight excluding hydrogens is 280 g/mol. The Morgan fingerprint density at radius 1 is 0.952 bits per heavy atom. The van der Waals surface area contributed by atoms with Crippen molar-refractivity contribution in [3.05, 3.63) is 72.4 Å². The molecule has 0 unspecified atom stereocenters. The number of aromatic nitrogens is 4. The van der Waals surface area contributed by atoms with Gasteiger partial charge in [-0.05, 0) is 37.3 Å². The molecule has 0 aromatic carbocycles. The third kappa shape index (κ3) is 2.02. The summed E-state index contributed by atoms with van der Waals surface area (Å²) < 4.78 is 6.29. The van der Waals surface area contributed by atoms with Gasteiger partial charge in [0.1, 0.15) is 10.8 Å². The normalized spacial score (nSPS) is 11.1. The van der Waals surface area contributed by atoms with Gasteiger partial charge in [-0.2, -0.15) is 0 Å². The fraction of sp³-hybridized carbons (Fsp3) is 0.0625. The molecule has 0 aliphatic heterocycles. The van der Waals surface area contributed by atoms with Crippen molar-refractivity contribution >= 4 is 11.3 Å². The number of rotatable bonds is 3. The first-order valence-corrected chi connectivity index (χ1v) is 7.62. The summed E-state index contributed by atoms with van der Waals surface area (Å²) >= 11 is 1.68. The third-order valence-electron chi connectivity index (χ3n) is 3.38. The van der Waals surface area contributed by atoms with Crippen LogP contribution < -0.4 is 0 Å². The Hall–Kier alpha value is -2.53. The first kappa shape index (κ1) is 12.2. The van der Waals surface area contributed by atoms with Crippen molar-refractivity contribution in [3.63, 3.8) is 0 Å². The number of thiazole rings is 1. The largest absolute Gasteiger partial charge is 0.308 e. The Bertz CT molecular complexity index is 850. The van der Waals surface area contributed by atoms with Gasteiger partial charge in [-0.25, -0.2) is 9.66 Å². The molecular formula is C16H14N4S. The Balaban J connectivity index is 1.96. The lowest BCUT2D eigenvalue weighted by Crippen LogP contribution is -2.10. The zero-order valence-corrected chi connectivity index (χ0v) is 12.4. The summed E-state index contributed by atoms with van der Waals surface area (Å²) in [5.74, 6) is 1.09. The summed E-state index contributed by atoms with van der Waals surface area (Å²) in [4.78, 5) is 4.63. The van der Waals surface area contributed by atoms with E-state index in [1.165, 1.54) is 0 Å². The summed E-state index contributed by atoms with van der Waals surface area (Å²) in [6.45, 7) is 2.03. The lowest BCUT2D eigenvalue weighted by molar-refractivity contribution is 0.647. The predicted octanol–water partition coefficient (Wildman–Crippen LogP) is 3.82. The summed E-state index contributed by atoms with van der Waals surface area (Å²) in [7, 11) is 0. The van der Waals surface area contributed by atoms with E-state index in [1.54, 1.807) is 11.3 Å². The quantitative estimate of drug-likeness (QED) is 0.564. The minimum Gasteiger partial charge on any atom is -0.308 e. The van der Waals surface area contributed by atoms with Crippen LogP contribution in [0, 0.1) is 6.92 Å². The Morgan fingerprint density at radius 2 is 1.67 bits per heavy atom. The Morgan fingerprint density at radius 3 is 2.33 bits per heavy atom. The zero-order valence-electron chi connectivity index (χ0n) is 11.5. The predicted molar refractivity (Wildman–Crippen MR) is 84.8 cm³/mol. The van der Waals surface area contributed by atoms with E-state index in [2.05, 4.69) is 48.9 Å². The van der Waals surface area contributed by atoms with Crippen molar-refractivity contribution < 1.29 is 0 Å². The van der Waals surface area contributed by atoms with E-state index in [0.717, 1.165) is 22.1 Å². The molecule has 0 amide bonds. The summed E-state index contributed by atoms with van der Waals surface area (Å²) in [6, 6.07) is 10.2. The second-order valence-corrected chi connectivity index (χ2v) is 5.70. The van der Waals surface area contributed by atoms with Crippen molar-refractivity contribution in [1.82, 2.24) is 18.9 Å². The SMILES string of the molecule is Cc1csc(-c2ccn(-n3cccc3)c2-n2cccc2)n1. The summed E-state index contributed by atoms with van der Waals surface area (Å²) in [5, 5.41) is 3.13. The van der Waals surface area contributed by atoms with E-state index in [4.69, 9.17) is 0 Å². The highest BCUT2D eigenvalue weighted by molar-refractivity contribution is 7.13. The van der Waals surface area contributed by atoms with E-state index < -0.39 is 0 Å². The van der Waals surface area contributed by atoms with E-state index in [9.17, 15) is 0 Å². The lowest BCUT2D eigenvalue weighted by Gasteiger charge is -2.12. The molecule has 0 N–H and O–H groups in total. The fourth-order valence-corrected chi connectivity index (χ4v) is 3.26. The minimum atomic E-state index is 1.04. The maximum Gasteiger partial charge on any atom is 0.146 e. The Kier molecular flexibility index (Phi) is 2.79. The first-order valence-electron chi connectivity index (χ1n) is 6.74. The van der Waals surface area contributed by atoms with Gasteiger partial charge in [0.05, 0.1) is 5.56 Å². The van der Waals surface area contributed by atoms with Gasteiger partial charge in [-0.15, -0.1) is 11.3 Å². The maximum absolute atomic E-state index is 4.63. The molecule has 4 aromatic rings. The number of hydrogen-bond donors (Lipinski definition) is 0. The second kappa shape index (κ2) is 4.79. The fourth-order valence-electron chi connectivity index (χ4n) is 2.45. The molecule has 0 bridgehead atoms. The summed E-state index contributed by atoms with van der Waals surface area (Å²) in [5.41, 5.74) is 2.19. The van der Waals surface area contributed by atoms with Gasteiger partial charge >= 0.3 is 0 Å². The standard InChI is InChI=1S/C16H14N4S/c1-13-12-21-15(17-13)14-6-11-20(19-9-4-5-10-19)16(14)18-7-2-3-8-18/h2-12H,1H3. The highest BCUT2D eigenvalue weighted by Gasteiger charge is 2.15. The lowest BCUT2D eigenvalue weighted by atomic mass is 10.3. The Labute approximate surface area is 126 Å². The molecule has 0 spiro atoms. The molecule has 0 fully saturated rings. The van der Waals surface area contributed by atoms with E-state index in [0.29, 0.717) is 0 Å². The molecule has 21 heavy (non-hydrogen) atoms. The van der Waals surface area contributed by atoms with Crippen LogP contribution in [0.25, 0.3) is 16.4 Å². The van der Waals surface area contributed by atoms with E-state index >= 15 is 0 Å². The van der Waals surface area contributed by atoms with Crippen molar-refractivity contribution in [2.75, 3.05) is 0 Å². The number of aryl methyl sites for hydroxylation is 1. The molecule has 0 aliphatic rings. The van der Waals surface area contributed by atoms with Gasteiger partial charge in [-0.1, -0.05) is 0 Å². The van der Waals surface area contributed by atoms with E-state index in [-0.39, 0.29) is 0 Å². The van der Waals surface area contributed by atoms with Crippen LogP contribution in [0.1, 0.15) is 5.69 Å². The number of hydrogen-bond acceptors (Lipinski definition) is 2. The molecule has 0 saturated heterocycles. The average Bonchev–Trinajstić information content (AvgIpc) is 3.25. The molecule has 4 heterocycles. The molecule has 0 aliphatic carbocycles. The van der Waals surface area contributed by atoms with Crippen LogP contribution in [0.15, 0.2) is 66.7 Å². The van der Waals surface area contributed by atoms with Gasteiger partial charge < -0.3 is 4.57 Å². The van der Waals surface area contributed by atoms with E-state index in [1.807, 2.05) is 43.6 Å². The second-order valence-electron chi connectivity index (χ2n) is 4.84. The van der Waals surface area contributed by atoms with Crippen LogP contribution in [0.5, 0.6) is 0 Å². The molecule has 0 atom stereocenters. The average molecular weight is 294 g/mol. The van der Waals surface area contributed by atoms with Gasteiger partial charge in [0.15, 0.2) is 0 Å². The maximum atomic E-state index is 4.63. The van der Waals surface area contributed by atoms with Crippen molar-refractivity contribution in [2.24, 2.45) is 0 Å². The molecule has 0 saturated carbocycles. The van der Waals surface area contributed by atoms with Crippen molar-refractivity contribution in [3.8, 4) is 16.4 Å². The first-order chi connectivity index (χ1) is 10.3. The third-order valence-corrected chi connectivity index (χ3v) is 4.37. The monoisotopic (exact) mass is 294 g/mol. The minimum absolute atomic E-state index is 1.04. The van der Waals surface area contributed by atoms with Crippen LogP contribution >= 0.6 is 11.3 Å². The molecule has 4 nitrogen and oxygen atoms in total. The zero-order chi connectivity index (χ0) is 14.2. The van der Waals surface area contributed by atoms with Gasteiger partial charge in [0, 0.05) is 42.1 Å². The molecule has 4 aromatic heterocycles.